The fraction of sp³-hybridized carbons (Fsp3) is 0.667. The second kappa shape index (κ2) is 8.38. The Morgan fingerprint density at radius 3 is 2.80 bits per heavy atom. The molecule has 0 saturated carbocycles. The first kappa shape index (κ1) is 17.1. The van der Waals surface area contributed by atoms with Gasteiger partial charge in [0.15, 0.2) is 0 Å². The van der Waals surface area contributed by atoms with Gasteiger partial charge in [0.1, 0.15) is 5.76 Å². The maximum atomic E-state index is 11.9. The highest BCUT2D eigenvalue weighted by molar-refractivity contribution is 7.89. The molecule has 0 aliphatic rings. The zero-order chi connectivity index (χ0) is 15.0. The van der Waals surface area contributed by atoms with Crippen LogP contribution in [0.15, 0.2) is 21.6 Å². The van der Waals surface area contributed by atoms with Gasteiger partial charge in [-0.15, -0.1) is 0 Å². The second-order valence-electron chi connectivity index (χ2n) is 4.43. The normalized spacial score (nSPS) is 13.6. The first-order chi connectivity index (χ1) is 9.45. The quantitative estimate of drug-likeness (QED) is 0.529. The van der Waals surface area contributed by atoms with Crippen molar-refractivity contribution in [3.05, 3.63) is 17.9 Å². The van der Waals surface area contributed by atoms with Crippen LogP contribution >= 0.6 is 0 Å². The minimum atomic E-state index is -3.65. The van der Waals surface area contributed by atoms with Crippen LogP contribution in [0.4, 0.5) is 0 Å². The van der Waals surface area contributed by atoms with Gasteiger partial charge in [0.2, 0.25) is 5.09 Å². The number of furan rings is 1. The lowest BCUT2D eigenvalue weighted by molar-refractivity contribution is 0.186. The van der Waals surface area contributed by atoms with Gasteiger partial charge in [-0.3, -0.25) is 0 Å². The van der Waals surface area contributed by atoms with Crippen molar-refractivity contribution in [2.24, 2.45) is 0 Å². The predicted octanol–water partition coefficient (Wildman–Crippen LogP) is 0.0648. The lowest BCUT2D eigenvalue weighted by atomic mass is 10.3. The Bertz CT molecular complexity index is 484. The summed E-state index contributed by atoms with van der Waals surface area (Å²) in [5.74, 6) is 0.539. The Labute approximate surface area is 119 Å². The van der Waals surface area contributed by atoms with E-state index < -0.39 is 16.1 Å². The number of hydrogen-bond donors (Lipinski definition) is 3. The zero-order valence-electron chi connectivity index (χ0n) is 11.8. The minimum Gasteiger partial charge on any atom is -0.447 e. The van der Waals surface area contributed by atoms with Gasteiger partial charge in [0, 0.05) is 20.2 Å². The molecule has 1 rings (SSSR count). The van der Waals surface area contributed by atoms with E-state index in [1.54, 1.807) is 20.1 Å². The van der Waals surface area contributed by atoms with Crippen LogP contribution in [-0.4, -0.2) is 46.4 Å². The van der Waals surface area contributed by atoms with E-state index in [9.17, 15) is 8.42 Å². The second-order valence-corrected chi connectivity index (χ2v) is 6.12. The summed E-state index contributed by atoms with van der Waals surface area (Å²) in [6.45, 7) is 3.44. The Morgan fingerprint density at radius 2 is 2.15 bits per heavy atom. The van der Waals surface area contributed by atoms with E-state index in [0.29, 0.717) is 31.9 Å². The molecule has 0 aliphatic carbocycles. The highest BCUT2D eigenvalue weighted by atomic mass is 32.2. The fourth-order valence-electron chi connectivity index (χ4n) is 1.46. The minimum absolute atomic E-state index is 0.119. The van der Waals surface area contributed by atoms with Crippen molar-refractivity contribution in [3.63, 3.8) is 0 Å². The SMILES string of the molecule is COCCNCc1ccc(S(=O)(=O)NCCC(C)O)o1. The van der Waals surface area contributed by atoms with Gasteiger partial charge in [-0.2, -0.15) is 0 Å². The van der Waals surface area contributed by atoms with Crippen molar-refractivity contribution >= 4 is 10.0 Å². The van der Waals surface area contributed by atoms with Crippen LogP contribution in [0.1, 0.15) is 19.1 Å². The van der Waals surface area contributed by atoms with Crippen molar-refractivity contribution in [1.82, 2.24) is 10.0 Å². The molecule has 1 heterocycles. The van der Waals surface area contributed by atoms with Crippen LogP contribution in [0.2, 0.25) is 0 Å². The number of methoxy groups -OCH3 is 1. The van der Waals surface area contributed by atoms with Gasteiger partial charge >= 0.3 is 0 Å². The van der Waals surface area contributed by atoms with E-state index in [0.717, 1.165) is 0 Å². The van der Waals surface area contributed by atoms with Crippen molar-refractivity contribution in [2.75, 3.05) is 26.8 Å². The molecule has 0 aromatic carbocycles. The van der Waals surface area contributed by atoms with E-state index >= 15 is 0 Å². The summed E-state index contributed by atoms with van der Waals surface area (Å²) in [6.07, 6.45) is -0.194. The number of hydrogen-bond acceptors (Lipinski definition) is 6. The summed E-state index contributed by atoms with van der Waals surface area (Å²) in [6, 6.07) is 3.03. The van der Waals surface area contributed by atoms with Crippen molar-refractivity contribution in [3.8, 4) is 0 Å². The highest BCUT2D eigenvalue weighted by Gasteiger charge is 2.18. The third-order valence-electron chi connectivity index (χ3n) is 2.54. The van der Waals surface area contributed by atoms with E-state index in [1.807, 2.05) is 0 Å². The molecule has 0 amide bonds. The average molecular weight is 306 g/mol. The predicted molar refractivity (Wildman–Crippen MR) is 73.8 cm³/mol. The molecule has 0 spiro atoms. The summed E-state index contributed by atoms with van der Waals surface area (Å²) in [4.78, 5) is 0. The standard InChI is InChI=1S/C12H22N2O5S/c1-10(15)5-6-14-20(16,17)12-4-3-11(19-12)9-13-7-8-18-2/h3-4,10,13-15H,5-9H2,1-2H3. The molecular formula is C12H22N2O5S. The lowest BCUT2D eigenvalue weighted by Gasteiger charge is -2.06. The number of rotatable bonds is 10. The summed E-state index contributed by atoms with van der Waals surface area (Å²) >= 11 is 0. The summed E-state index contributed by atoms with van der Waals surface area (Å²) in [5, 5.41) is 12.0. The van der Waals surface area contributed by atoms with Gasteiger partial charge in [-0.1, -0.05) is 0 Å². The van der Waals surface area contributed by atoms with Crippen LogP contribution in [0.3, 0.4) is 0 Å². The third-order valence-corrected chi connectivity index (χ3v) is 3.87. The smallest absolute Gasteiger partial charge is 0.273 e. The molecule has 20 heavy (non-hydrogen) atoms. The van der Waals surface area contributed by atoms with Gasteiger partial charge < -0.3 is 19.6 Å². The average Bonchev–Trinajstić information content (AvgIpc) is 2.83. The van der Waals surface area contributed by atoms with Crippen LogP contribution in [0.5, 0.6) is 0 Å². The number of nitrogens with one attached hydrogen (secondary N) is 2. The summed E-state index contributed by atoms with van der Waals surface area (Å²) < 4.78 is 36.3. The van der Waals surface area contributed by atoms with Crippen LogP contribution in [0, 0.1) is 0 Å². The molecule has 7 nitrogen and oxygen atoms in total. The van der Waals surface area contributed by atoms with E-state index in [-0.39, 0.29) is 11.6 Å². The number of aliphatic hydroxyl groups is 1. The van der Waals surface area contributed by atoms with E-state index in [1.165, 1.54) is 6.07 Å². The lowest BCUT2D eigenvalue weighted by Crippen LogP contribution is -2.26. The van der Waals surface area contributed by atoms with Crippen LogP contribution < -0.4 is 10.0 Å². The topological polar surface area (TPSA) is 101 Å². The van der Waals surface area contributed by atoms with Crippen molar-refractivity contribution in [2.45, 2.75) is 31.1 Å². The van der Waals surface area contributed by atoms with Gasteiger partial charge in [0.25, 0.3) is 10.0 Å². The Balaban J connectivity index is 2.48. The maximum Gasteiger partial charge on any atom is 0.273 e. The Morgan fingerprint density at radius 1 is 1.40 bits per heavy atom. The molecule has 1 atom stereocenters. The van der Waals surface area contributed by atoms with Gasteiger partial charge in [-0.05, 0) is 25.5 Å². The maximum absolute atomic E-state index is 11.9. The van der Waals surface area contributed by atoms with Crippen LogP contribution in [-0.2, 0) is 21.3 Å². The molecule has 116 valence electrons. The number of aliphatic hydroxyl groups excluding tert-OH is 1. The Hall–Kier alpha value is -0.930. The molecule has 0 aliphatic heterocycles. The molecule has 0 bridgehead atoms. The van der Waals surface area contributed by atoms with E-state index in [4.69, 9.17) is 14.3 Å². The first-order valence-electron chi connectivity index (χ1n) is 6.42. The summed E-state index contributed by atoms with van der Waals surface area (Å²) in [5.41, 5.74) is 0. The molecule has 0 radical (unpaired) electrons. The zero-order valence-corrected chi connectivity index (χ0v) is 12.6. The molecule has 8 heteroatoms. The molecule has 1 aromatic heterocycles. The van der Waals surface area contributed by atoms with Gasteiger partial charge in [-0.25, -0.2) is 13.1 Å². The third kappa shape index (κ3) is 6.02. The highest BCUT2D eigenvalue weighted by Crippen LogP contribution is 2.13. The summed E-state index contributed by atoms with van der Waals surface area (Å²) in [7, 11) is -2.04. The van der Waals surface area contributed by atoms with Crippen molar-refractivity contribution < 1.29 is 22.7 Å². The Kier molecular flexibility index (Phi) is 7.17. The number of ether oxygens (including phenoxy) is 1. The monoisotopic (exact) mass is 306 g/mol. The van der Waals surface area contributed by atoms with Gasteiger partial charge in [0.05, 0.1) is 19.3 Å². The van der Waals surface area contributed by atoms with Crippen molar-refractivity contribution in [1.29, 1.82) is 0 Å². The molecule has 0 fully saturated rings. The molecular weight excluding hydrogens is 284 g/mol. The van der Waals surface area contributed by atoms with E-state index in [2.05, 4.69) is 10.0 Å². The molecule has 1 unspecified atom stereocenters. The first-order valence-corrected chi connectivity index (χ1v) is 7.90. The largest absolute Gasteiger partial charge is 0.447 e. The van der Waals surface area contributed by atoms with Crippen LogP contribution in [0.25, 0.3) is 0 Å². The molecule has 1 aromatic rings. The fourth-order valence-corrected chi connectivity index (χ4v) is 2.45. The number of sulfonamides is 1. The molecule has 3 N–H and O–H groups in total. The molecule has 0 saturated heterocycles.